The number of hydrogen-bond donors (Lipinski definition) is 1. The molecule has 0 heterocycles. The minimum Gasteiger partial charge on any atom is -0.355 e. The third-order valence-electron chi connectivity index (χ3n) is 2.83. The minimum atomic E-state index is -0.550. The summed E-state index contributed by atoms with van der Waals surface area (Å²) < 4.78 is 0. The summed E-state index contributed by atoms with van der Waals surface area (Å²) in [7, 11) is 0. The van der Waals surface area contributed by atoms with E-state index < -0.39 is 4.92 Å². The standard InChI is InChI=1S/C15H13N3O2/c1-10-5-11(2)7-14(6-10)17-13-4-3-12(9-16)15(8-13)18(19)20/h3-8,17H,1-2H3. The molecule has 20 heavy (non-hydrogen) atoms. The van der Waals surface area contributed by atoms with Crippen molar-refractivity contribution in [3.8, 4) is 6.07 Å². The van der Waals surface area contributed by atoms with E-state index in [0.29, 0.717) is 5.69 Å². The second kappa shape index (κ2) is 5.41. The molecule has 0 atom stereocenters. The average Bonchev–Trinajstić information content (AvgIpc) is 2.37. The molecule has 5 nitrogen and oxygen atoms in total. The van der Waals surface area contributed by atoms with Gasteiger partial charge in [0.25, 0.3) is 5.69 Å². The van der Waals surface area contributed by atoms with Crippen LogP contribution in [0.5, 0.6) is 0 Å². The molecule has 100 valence electrons. The second-order valence-corrected chi connectivity index (χ2v) is 4.60. The summed E-state index contributed by atoms with van der Waals surface area (Å²) in [6.45, 7) is 3.97. The zero-order valence-electron chi connectivity index (χ0n) is 11.2. The maximum absolute atomic E-state index is 10.9. The van der Waals surface area contributed by atoms with Crippen LogP contribution in [0.15, 0.2) is 36.4 Å². The van der Waals surface area contributed by atoms with Crippen LogP contribution in [0.2, 0.25) is 0 Å². The SMILES string of the molecule is Cc1cc(C)cc(Nc2ccc(C#N)c([N+](=O)[O-])c2)c1. The molecule has 0 aliphatic rings. The second-order valence-electron chi connectivity index (χ2n) is 4.60. The first-order valence-electron chi connectivity index (χ1n) is 6.03. The van der Waals surface area contributed by atoms with Gasteiger partial charge in [-0.2, -0.15) is 5.26 Å². The molecule has 0 saturated carbocycles. The van der Waals surface area contributed by atoms with Gasteiger partial charge in [0.2, 0.25) is 0 Å². The van der Waals surface area contributed by atoms with Gasteiger partial charge in [-0.25, -0.2) is 0 Å². The highest BCUT2D eigenvalue weighted by molar-refractivity contribution is 5.66. The van der Waals surface area contributed by atoms with Crippen LogP contribution in [-0.2, 0) is 0 Å². The number of nitro groups is 1. The molecule has 1 N–H and O–H groups in total. The molecule has 0 saturated heterocycles. The Morgan fingerprint density at radius 1 is 1.10 bits per heavy atom. The van der Waals surface area contributed by atoms with E-state index in [4.69, 9.17) is 5.26 Å². The molecular formula is C15H13N3O2. The van der Waals surface area contributed by atoms with Gasteiger partial charge in [-0.1, -0.05) is 6.07 Å². The minimum absolute atomic E-state index is 0.0565. The van der Waals surface area contributed by atoms with Gasteiger partial charge >= 0.3 is 0 Å². The largest absolute Gasteiger partial charge is 0.355 e. The normalized spacial score (nSPS) is 9.85. The predicted molar refractivity (Wildman–Crippen MR) is 77.0 cm³/mol. The van der Waals surface area contributed by atoms with Gasteiger partial charge in [-0.05, 0) is 49.2 Å². The lowest BCUT2D eigenvalue weighted by atomic mass is 10.1. The summed E-state index contributed by atoms with van der Waals surface area (Å²) in [6.07, 6.45) is 0. The number of rotatable bonds is 3. The summed E-state index contributed by atoms with van der Waals surface area (Å²) in [5.41, 5.74) is 3.52. The summed E-state index contributed by atoms with van der Waals surface area (Å²) in [5.74, 6) is 0. The highest BCUT2D eigenvalue weighted by Gasteiger charge is 2.14. The van der Waals surface area contributed by atoms with Crippen molar-refractivity contribution >= 4 is 17.1 Å². The van der Waals surface area contributed by atoms with Crippen molar-refractivity contribution in [2.24, 2.45) is 0 Å². The van der Waals surface area contributed by atoms with Crippen LogP contribution >= 0.6 is 0 Å². The molecule has 0 unspecified atom stereocenters. The lowest BCUT2D eigenvalue weighted by Crippen LogP contribution is -1.96. The highest BCUT2D eigenvalue weighted by atomic mass is 16.6. The summed E-state index contributed by atoms with van der Waals surface area (Å²) in [6, 6.07) is 12.3. The Morgan fingerprint density at radius 3 is 2.30 bits per heavy atom. The molecule has 0 aromatic heterocycles. The summed E-state index contributed by atoms with van der Waals surface area (Å²) in [4.78, 5) is 10.4. The first kappa shape index (κ1) is 13.6. The fraction of sp³-hybridized carbons (Fsp3) is 0.133. The number of nitriles is 1. The molecule has 0 amide bonds. The number of aryl methyl sites for hydroxylation is 2. The van der Waals surface area contributed by atoms with Crippen LogP contribution in [0.25, 0.3) is 0 Å². The van der Waals surface area contributed by atoms with Crippen molar-refractivity contribution in [2.75, 3.05) is 5.32 Å². The number of nitrogens with zero attached hydrogens (tertiary/aromatic N) is 2. The highest BCUT2D eigenvalue weighted by Crippen LogP contribution is 2.25. The number of anilines is 2. The Morgan fingerprint density at radius 2 is 1.75 bits per heavy atom. The molecule has 0 radical (unpaired) electrons. The van der Waals surface area contributed by atoms with Gasteiger partial charge in [0.15, 0.2) is 0 Å². The summed E-state index contributed by atoms with van der Waals surface area (Å²) >= 11 is 0. The van der Waals surface area contributed by atoms with E-state index >= 15 is 0 Å². The molecule has 2 rings (SSSR count). The third-order valence-corrected chi connectivity index (χ3v) is 2.83. The van der Waals surface area contributed by atoms with E-state index in [1.807, 2.05) is 38.1 Å². The third kappa shape index (κ3) is 2.93. The monoisotopic (exact) mass is 267 g/mol. The first-order chi connectivity index (χ1) is 9.49. The van der Waals surface area contributed by atoms with E-state index in [2.05, 4.69) is 5.32 Å². The number of benzene rings is 2. The van der Waals surface area contributed by atoms with Crippen molar-refractivity contribution in [1.82, 2.24) is 0 Å². The van der Waals surface area contributed by atoms with E-state index in [9.17, 15) is 10.1 Å². The molecule has 0 spiro atoms. The maximum Gasteiger partial charge on any atom is 0.289 e. The molecule has 0 fully saturated rings. The Kier molecular flexibility index (Phi) is 3.67. The fourth-order valence-corrected chi connectivity index (χ4v) is 2.07. The van der Waals surface area contributed by atoms with Gasteiger partial charge in [0, 0.05) is 17.4 Å². The van der Waals surface area contributed by atoms with Crippen molar-refractivity contribution in [2.45, 2.75) is 13.8 Å². The lowest BCUT2D eigenvalue weighted by Gasteiger charge is -2.09. The van der Waals surface area contributed by atoms with Gasteiger partial charge in [-0.3, -0.25) is 10.1 Å². The van der Waals surface area contributed by atoms with Crippen molar-refractivity contribution in [1.29, 1.82) is 5.26 Å². The number of nitrogens with one attached hydrogen (secondary N) is 1. The molecule has 0 aliphatic heterocycles. The molecule has 0 bridgehead atoms. The van der Waals surface area contributed by atoms with Crippen LogP contribution in [0.3, 0.4) is 0 Å². The van der Waals surface area contributed by atoms with Crippen LogP contribution < -0.4 is 5.32 Å². The molecular weight excluding hydrogens is 254 g/mol. The lowest BCUT2D eigenvalue weighted by molar-refractivity contribution is -0.385. The Labute approximate surface area is 116 Å². The predicted octanol–water partition coefficient (Wildman–Crippen LogP) is 3.83. The van der Waals surface area contributed by atoms with Gasteiger partial charge < -0.3 is 5.32 Å². The zero-order chi connectivity index (χ0) is 14.7. The van der Waals surface area contributed by atoms with Crippen LogP contribution in [0, 0.1) is 35.3 Å². The van der Waals surface area contributed by atoms with E-state index in [-0.39, 0.29) is 11.3 Å². The molecule has 2 aromatic carbocycles. The average molecular weight is 267 g/mol. The molecule has 2 aromatic rings. The fourth-order valence-electron chi connectivity index (χ4n) is 2.07. The Bertz CT molecular complexity index is 697. The molecule has 5 heteroatoms. The van der Waals surface area contributed by atoms with Crippen LogP contribution in [0.4, 0.5) is 17.1 Å². The van der Waals surface area contributed by atoms with Crippen LogP contribution in [-0.4, -0.2) is 4.92 Å². The van der Waals surface area contributed by atoms with Gasteiger partial charge in [0.05, 0.1) is 4.92 Å². The van der Waals surface area contributed by atoms with Crippen molar-refractivity contribution < 1.29 is 4.92 Å². The number of hydrogen-bond acceptors (Lipinski definition) is 4. The van der Waals surface area contributed by atoms with Crippen molar-refractivity contribution in [3.63, 3.8) is 0 Å². The number of nitro benzene ring substituents is 1. The van der Waals surface area contributed by atoms with E-state index in [1.165, 1.54) is 12.1 Å². The summed E-state index contributed by atoms with van der Waals surface area (Å²) in [5, 5.41) is 22.9. The topological polar surface area (TPSA) is 79.0 Å². The van der Waals surface area contributed by atoms with E-state index in [1.54, 1.807) is 6.07 Å². The Hall–Kier alpha value is -2.87. The van der Waals surface area contributed by atoms with Gasteiger partial charge in [-0.15, -0.1) is 0 Å². The smallest absolute Gasteiger partial charge is 0.289 e. The quantitative estimate of drug-likeness (QED) is 0.677. The first-order valence-corrected chi connectivity index (χ1v) is 6.03. The van der Waals surface area contributed by atoms with Crippen molar-refractivity contribution in [3.05, 3.63) is 63.2 Å². The Balaban J connectivity index is 2.37. The van der Waals surface area contributed by atoms with Gasteiger partial charge in [0.1, 0.15) is 11.6 Å². The zero-order valence-corrected chi connectivity index (χ0v) is 11.2. The van der Waals surface area contributed by atoms with E-state index in [0.717, 1.165) is 16.8 Å². The molecule has 0 aliphatic carbocycles. The van der Waals surface area contributed by atoms with Crippen LogP contribution in [0.1, 0.15) is 16.7 Å². The maximum atomic E-state index is 10.9.